The summed E-state index contributed by atoms with van der Waals surface area (Å²) in [5.41, 5.74) is 3.62. The number of piperidine rings is 1. The van der Waals surface area contributed by atoms with Crippen LogP contribution in [-0.2, 0) is 17.6 Å². The number of anilines is 1. The van der Waals surface area contributed by atoms with Crippen LogP contribution < -0.4 is 10.2 Å². The molecule has 5 heteroatoms. The lowest BCUT2D eigenvalue weighted by Crippen LogP contribution is -2.46. The molecule has 1 aromatic carbocycles. The third kappa shape index (κ3) is 3.38. The van der Waals surface area contributed by atoms with Crippen molar-refractivity contribution in [2.24, 2.45) is 5.92 Å². The molecule has 1 saturated heterocycles. The fourth-order valence-electron chi connectivity index (χ4n) is 4.62. The molecule has 2 aromatic rings. The Morgan fingerprint density at radius 3 is 2.46 bits per heavy atom. The second-order valence-corrected chi connectivity index (χ2v) is 8.41. The first-order chi connectivity index (χ1) is 13.8. The zero-order valence-electron chi connectivity index (χ0n) is 16.4. The standard InChI is InChI=1S/C23H28N4O/c28-23(24-18-8-4-9-18)17-12-14-27(15-13-17)22-19-10-5-11-20(19)25-21(26-22)16-6-2-1-3-7-16/h1-3,6-7,17-18H,4-5,8-15H2,(H,24,28). The van der Waals surface area contributed by atoms with Crippen molar-refractivity contribution in [2.75, 3.05) is 18.0 Å². The van der Waals surface area contributed by atoms with Crippen LogP contribution in [-0.4, -0.2) is 35.0 Å². The average Bonchev–Trinajstić information content (AvgIpc) is 3.19. The largest absolute Gasteiger partial charge is 0.356 e. The Hall–Kier alpha value is -2.43. The van der Waals surface area contributed by atoms with Crippen LogP contribution in [0.1, 0.15) is 49.8 Å². The molecular weight excluding hydrogens is 348 g/mol. The van der Waals surface area contributed by atoms with Crippen LogP contribution in [0.25, 0.3) is 11.4 Å². The number of nitrogens with one attached hydrogen (secondary N) is 1. The van der Waals surface area contributed by atoms with Crippen LogP contribution in [0.4, 0.5) is 5.82 Å². The molecule has 0 atom stereocenters. The molecule has 146 valence electrons. The van der Waals surface area contributed by atoms with Gasteiger partial charge in [0, 0.05) is 41.9 Å². The van der Waals surface area contributed by atoms with Crippen molar-refractivity contribution in [3.05, 3.63) is 41.6 Å². The van der Waals surface area contributed by atoms with Crippen molar-refractivity contribution >= 4 is 11.7 Å². The van der Waals surface area contributed by atoms with Crippen LogP contribution in [0.15, 0.2) is 30.3 Å². The fourth-order valence-corrected chi connectivity index (χ4v) is 4.62. The molecule has 28 heavy (non-hydrogen) atoms. The summed E-state index contributed by atoms with van der Waals surface area (Å²) in [5, 5.41) is 3.23. The summed E-state index contributed by atoms with van der Waals surface area (Å²) < 4.78 is 0. The van der Waals surface area contributed by atoms with Crippen molar-refractivity contribution < 1.29 is 4.79 Å². The van der Waals surface area contributed by atoms with Gasteiger partial charge in [-0.15, -0.1) is 0 Å². The van der Waals surface area contributed by atoms with Gasteiger partial charge in [0.1, 0.15) is 5.82 Å². The molecule has 0 unspecified atom stereocenters. The van der Waals surface area contributed by atoms with Crippen LogP contribution in [0.2, 0.25) is 0 Å². The van der Waals surface area contributed by atoms with Crippen LogP contribution >= 0.6 is 0 Å². The molecule has 1 aliphatic heterocycles. The molecule has 5 nitrogen and oxygen atoms in total. The van der Waals surface area contributed by atoms with E-state index in [0.29, 0.717) is 6.04 Å². The third-order valence-corrected chi connectivity index (χ3v) is 6.56. The Morgan fingerprint density at radius 2 is 1.75 bits per heavy atom. The SMILES string of the molecule is O=C(NC1CCC1)C1CCN(c2nc(-c3ccccc3)nc3c2CCC3)CC1. The van der Waals surface area contributed by atoms with Gasteiger partial charge in [0.25, 0.3) is 0 Å². The van der Waals surface area contributed by atoms with E-state index >= 15 is 0 Å². The van der Waals surface area contributed by atoms with Gasteiger partial charge in [-0.05, 0) is 51.4 Å². The van der Waals surface area contributed by atoms with Crippen LogP contribution in [0, 0.1) is 5.92 Å². The van der Waals surface area contributed by atoms with E-state index in [1.54, 1.807) is 0 Å². The van der Waals surface area contributed by atoms with E-state index in [0.717, 1.165) is 75.2 Å². The van der Waals surface area contributed by atoms with Gasteiger partial charge in [-0.2, -0.15) is 0 Å². The maximum Gasteiger partial charge on any atom is 0.223 e. The number of carbonyl (C=O) groups excluding carboxylic acids is 1. The highest BCUT2D eigenvalue weighted by Gasteiger charge is 2.31. The number of rotatable bonds is 4. The van der Waals surface area contributed by atoms with Crippen molar-refractivity contribution in [3.8, 4) is 11.4 Å². The first-order valence-electron chi connectivity index (χ1n) is 10.8. The molecule has 3 aliphatic rings. The summed E-state index contributed by atoms with van der Waals surface area (Å²) >= 11 is 0. The lowest BCUT2D eigenvalue weighted by molar-refractivity contribution is -0.126. The van der Waals surface area contributed by atoms with Crippen molar-refractivity contribution in [2.45, 2.75) is 57.4 Å². The zero-order valence-corrected chi connectivity index (χ0v) is 16.4. The van der Waals surface area contributed by atoms with E-state index in [4.69, 9.17) is 9.97 Å². The van der Waals surface area contributed by atoms with Crippen LogP contribution in [0.5, 0.6) is 0 Å². The predicted molar refractivity (Wildman–Crippen MR) is 110 cm³/mol. The number of aromatic nitrogens is 2. The lowest BCUT2D eigenvalue weighted by Gasteiger charge is -2.35. The number of aryl methyl sites for hydroxylation is 1. The summed E-state index contributed by atoms with van der Waals surface area (Å²) in [6, 6.07) is 10.7. The minimum absolute atomic E-state index is 0.153. The number of hydrogen-bond donors (Lipinski definition) is 1. The summed E-state index contributed by atoms with van der Waals surface area (Å²) in [6.07, 6.45) is 8.67. The van der Waals surface area contributed by atoms with Gasteiger partial charge in [-0.25, -0.2) is 9.97 Å². The van der Waals surface area contributed by atoms with Gasteiger partial charge in [0.2, 0.25) is 5.91 Å². The molecular formula is C23H28N4O. The Kier molecular flexibility index (Phi) is 4.75. The molecule has 1 saturated carbocycles. The number of amides is 1. The predicted octanol–water partition coefficient (Wildman–Crippen LogP) is 3.52. The van der Waals surface area contributed by atoms with E-state index in [2.05, 4.69) is 22.3 Å². The minimum atomic E-state index is 0.153. The van der Waals surface area contributed by atoms with E-state index in [-0.39, 0.29) is 11.8 Å². The number of fused-ring (bicyclic) bond motifs is 1. The summed E-state index contributed by atoms with van der Waals surface area (Å²) in [5.74, 6) is 2.36. The van der Waals surface area contributed by atoms with E-state index < -0.39 is 0 Å². The molecule has 2 heterocycles. The maximum atomic E-state index is 12.5. The molecule has 0 radical (unpaired) electrons. The first-order valence-corrected chi connectivity index (χ1v) is 10.8. The Balaban J connectivity index is 1.34. The van der Waals surface area contributed by atoms with Gasteiger partial charge in [-0.1, -0.05) is 30.3 Å². The monoisotopic (exact) mass is 376 g/mol. The third-order valence-electron chi connectivity index (χ3n) is 6.56. The molecule has 0 spiro atoms. The van der Waals surface area contributed by atoms with Gasteiger partial charge in [-0.3, -0.25) is 4.79 Å². The highest BCUT2D eigenvalue weighted by atomic mass is 16.2. The topological polar surface area (TPSA) is 58.1 Å². The normalized spacial score (nSPS) is 19.9. The second kappa shape index (κ2) is 7.53. The lowest BCUT2D eigenvalue weighted by atomic mass is 9.90. The molecule has 1 N–H and O–H groups in total. The van der Waals surface area contributed by atoms with Crippen molar-refractivity contribution in [3.63, 3.8) is 0 Å². The molecule has 1 aromatic heterocycles. The average molecular weight is 377 g/mol. The fraction of sp³-hybridized carbons (Fsp3) is 0.522. The number of benzene rings is 1. The Morgan fingerprint density at radius 1 is 0.964 bits per heavy atom. The highest BCUT2D eigenvalue weighted by molar-refractivity contribution is 5.79. The molecule has 5 rings (SSSR count). The van der Waals surface area contributed by atoms with Gasteiger partial charge in [0.15, 0.2) is 5.82 Å². The smallest absolute Gasteiger partial charge is 0.223 e. The molecule has 2 fully saturated rings. The zero-order chi connectivity index (χ0) is 18.9. The minimum Gasteiger partial charge on any atom is -0.356 e. The number of hydrogen-bond acceptors (Lipinski definition) is 4. The summed E-state index contributed by atoms with van der Waals surface area (Å²) in [6.45, 7) is 1.81. The Bertz CT molecular complexity index is 854. The first kappa shape index (κ1) is 17.7. The van der Waals surface area contributed by atoms with Crippen molar-refractivity contribution in [1.82, 2.24) is 15.3 Å². The second-order valence-electron chi connectivity index (χ2n) is 8.41. The van der Waals surface area contributed by atoms with Gasteiger partial charge >= 0.3 is 0 Å². The molecule has 0 bridgehead atoms. The Labute approximate surface area is 166 Å². The maximum absolute atomic E-state index is 12.5. The number of carbonyl (C=O) groups is 1. The van der Waals surface area contributed by atoms with Crippen molar-refractivity contribution in [1.29, 1.82) is 0 Å². The van der Waals surface area contributed by atoms with E-state index in [1.807, 2.05) is 18.2 Å². The van der Waals surface area contributed by atoms with Crippen LogP contribution in [0.3, 0.4) is 0 Å². The van der Waals surface area contributed by atoms with Gasteiger partial charge in [0.05, 0.1) is 0 Å². The quantitative estimate of drug-likeness (QED) is 0.887. The molecule has 1 amide bonds. The van der Waals surface area contributed by atoms with Gasteiger partial charge < -0.3 is 10.2 Å². The summed E-state index contributed by atoms with van der Waals surface area (Å²) in [4.78, 5) is 24.8. The summed E-state index contributed by atoms with van der Waals surface area (Å²) in [7, 11) is 0. The van der Waals surface area contributed by atoms with E-state index in [9.17, 15) is 4.79 Å². The highest BCUT2D eigenvalue weighted by Crippen LogP contribution is 2.33. The van der Waals surface area contributed by atoms with E-state index in [1.165, 1.54) is 17.7 Å². The molecule has 2 aliphatic carbocycles. The number of nitrogens with zero attached hydrogens (tertiary/aromatic N) is 3.